The molecule has 0 aliphatic carbocycles. The van der Waals surface area contributed by atoms with Gasteiger partial charge in [-0.05, 0) is 63.3 Å². The van der Waals surface area contributed by atoms with Crippen molar-refractivity contribution in [1.29, 1.82) is 0 Å². The van der Waals surface area contributed by atoms with Crippen LogP contribution in [0, 0.1) is 0 Å². The number of aromatic amines is 1. The third-order valence-corrected chi connectivity index (χ3v) is 7.72. The van der Waals surface area contributed by atoms with E-state index in [4.69, 9.17) is 11.6 Å². The Morgan fingerprint density at radius 2 is 1.89 bits per heavy atom. The number of alkyl halides is 3. The van der Waals surface area contributed by atoms with E-state index in [0.717, 1.165) is 36.7 Å². The zero-order valence-electron chi connectivity index (χ0n) is 19.7. The maximum absolute atomic E-state index is 13.5. The second-order valence-electron chi connectivity index (χ2n) is 8.94. The fraction of sp³-hybridized carbons (Fsp3) is 0.360. The number of thioether (sulfide) groups is 1. The fourth-order valence-electron chi connectivity index (χ4n) is 4.42. The lowest BCUT2D eigenvalue weighted by Crippen LogP contribution is -2.45. The molecule has 2 N–H and O–H groups in total. The number of halogens is 4. The summed E-state index contributed by atoms with van der Waals surface area (Å²) in [7, 11) is 4.00. The first-order valence-corrected chi connectivity index (χ1v) is 12.6. The minimum atomic E-state index is -4.61. The minimum absolute atomic E-state index is 0.0379. The van der Waals surface area contributed by atoms with Crippen molar-refractivity contribution in [3.8, 4) is 16.9 Å². The molecule has 3 aromatic rings. The lowest BCUT2D eigenvalue weighted by Gasteiger charge is -2.35. The number of nitrogens with one attached hydrogen (secondary N) is 1. The molecule has 0 unspecified atom stereocenters. The lowest BCUT2D eigenvalue weighted by atomic mass is 9.98. The van der Waals surface area contributed by atoms with E-state index in [1.54, 1.807) is 4.90 Å². The summed E-state index contributed by atoms with van der Waals surface area (Å²) in [5.41, 5.74) is -1.09. The molecule has 192 valence electrons. The highest BCUT2D eigenvalue weighted by atomic mass is 35.5. The summed E-state index contributed by atoms with van der Waals surface area (Å²) in [5.74, 6) is -0.487. The van der Waals surface area contributed by atoms with Crippen LogP contribution >= 0.6 is 23.4 Å². The van der Waals surface area contributed by atoms with Gasteiger partial charge in [-0.1, -0.05) is 11.6 Å². The largest absolute Gasteiger partial charge is 0.507 e. The number of rotatable bonds is 5. The molecule has 11 heteroatoms. The Hall–Kier alpha value is -2.69. The molecule has 1 aliphatic heterocycles. The molecule has 0 bridgehead atoms. The first-order chi connectivity index (χ1) is 17.0. The fourth-order valence-corrected chi connectivity index (χ4v) is 5.59. The van der Waals surface area contributed by atoms with Crippen LogP contribution in [0.3, 0.4) is 0 Å². The van der Waals surface area contributed by atoms with Crippen molar-refractivity contribution in [3.05, 3.63) is 57.3 Å². The van der Waals surface area contributed by atoms with Crippen molar-refractivity contribution in [2.24, 2.45) is 0 Å². The molecule has 1 aromatic heterocycles. The Morgan fingerprint density at radius 3 is 2.53 bits per heavy atom. The Labute approximate surface area is 215 Å². The molecule has 0 spiro atoms. The van der Waals surface area contributed by atoms with Gasteiger partial charge in [0.25, 0.3) is 5.56 Å². The molecule has 6 nitrogen and oxygen atoms in total. The van der Waals surface area contributed by atoms with E-state index in [0.29, 0.717) is 19.1 Å². The SMILES string of the molecule is CN(C)C1CCN(C(=O)CSc2c(-c3cc(Cl)ccc3O)c3cc(C(F)(F)F)ccc3[nH]c2=O)CC1. The molecule has 0 saturated carbocycles. The average Bonchev–Trinajstić information content (AvgIpc) is 2.83. The number of pyridine rings is 1. The topological polar surface area (TPSA) is 76.6 Å². The number of carbonyl (C=O) groups excluding carboxylic acids is 1. The number of nitrogens with zero attached hydrogens (tertiary/aromatic N) is 2. The van der Waals surface area contributed by atoms with Crippen LogP contribution in [-0.4, -0.2) is 64.8 Å². The van der Waals surface area contributed by atoms with Crippen LogP contribution < -0.4 is 5.56 Å². The highest BCUT2D eigenvalue weighted by molar-refractivity contribution is 8.00. The van der Waals surface area contributed by atoms with E-state index in [-0.39, 0.29) is 49.4 Å². The smallest absolute Gasteiger partial charge is 0.416 e. The van der Waals surface area contributed by atoms with Crippen LogP contribution in [0.1, 0.15) is 18.4 Å². The number of carbonyl (C=O) groups is 1. The normalized spacial score (nSPS) is 15.1. The van der Waals surface area contributed by atoms with Crippen molar-refractivity contribution in [2.45, 2.75) is 30.0 Å². The number of aromatic nitrogens is 1. The average molecular weight is 540 g/mol. The molecule has 1 fully saturated rings. The summed E-state index contributed by atoms with van der Waals surface area (Å²) >= 11 is 7.07. The third kappa shape index (κ3) is 5.50. The Bertz CT molecular complexity index is 1350. The monoisotopic (exact) mass is 539 g/mol. The minimum Gasteiger partial charge on any atom is -0.507 e. The number of phenols is 1. The van der Waals surface area contributed by atoms with Crippen molar-refractivity contribution >= 4 is 40.2 Å². The second kappa shape index (κ2) is 10.4. The zero-order valence-corrected chi connectivity index (χ0v) is 21.2. The van der Waals surface area contributed by atoms with Gasteiger partial charge in [0, 0.05) is 46.2 Å². The number of piperidine rings is 1. The number of phenolic OH excluding ortho intramolecular Hbond substituents is 1. The Kier molecular flexibility index (Phi) is 7.59. The standard InChI is InChI=1S/C25H25ClF3N3O3S/c1-31(2)16-7-9-32(10-8-16)21(34)13-36-23-22(18-12-15(26)4-6-20(18)33)17-11-14(25(27,28)29)3-5-19(17)30-24(23)35/h3-6,11-12,16,33H,7-10,13H2,1-2H3,(H,30,35). The van der Waals surface area contributed by atoms with Crippen molar-refractivity contribution in [1.82, 2.24) is 14.8 Å². The zero-order chi connectivity index (χ0) is 26.2. The highest BCUT2D eigenvalue weighted by Gasteiger charge is 2.32. The summed E-state index contributed by atoms with van der Waals surface area (Å²) < 4.78 is 40.5. The molecule has 2 heterocycles. The van der Waals surface area contributed by atoms with Gasteiger partial charge in [0.15, 0.2) is 0 Å². The van der Waals surface area contributed by atoms with Gasteiger partial charge >= 0.3 is 6.18 Å². The maximum atomic E-state index is 13.5. The molecular formula is C25H25ClF3N3O3S. The third-order valence-electron chi connectivity index (χ3n) is 6.41. The van der Waals surface area contributed by atoms with Crippen LogP contribution in [-0.2, 0) is 11.0 Å². The maximum Gasteiger partial charge on any atom is 0.416 e. The number of aromatic hydroxyl groups is 1. The number of benzene rings is 2. The predicted octanol–water partition coefficient (Wildman–Crippen LogP) is 5.22. The number of amides is 1. The number of hydrogen-bond acceptors (Lipinski definition) is 5. The van der Waals surface area contributed by atoms with Crippen molar-refractivity contribution < 1.29 is 23.1 Å². The van der Waals surface area contributed by atoms with E-state index < -0.39 is 17.3 Å². The van der Waals surface area contributed by atoms with E-state index in [2.05, 4.69) is 9.88 Å². The van der Waals surface area contributed by atoms with Crippen LogP contribution in [0.5, 0.6) is 5.75 Å². The first kappa shape index (κ1) is 26.4. The van der Waals surface area contributed by atoms with E-state index in [1.165, 1.54) is 24.3 Å². The number of H-pyrrole nitrogens is 1. The van der Waals surface area contributed by atoms with Gasteiger partial charge in [0.2, 0.25) is 5.91 Å². The van der Waals surface area contributed by atoms with Crippen LogP contribution in [0.4, 0.5) is 13.2 Å². The molecule has 0 atom stereocenters. The first-order valence-electron chi connectivity index (χ1n) is 11.3. The van der Waals surface area contributed by atoms with Crippen molar-refractivity contribution in [3.63, 3.8) is 0 Å². The highest BCUT2D eigenvalue weighted by Crippen LogP contribution is 2.42. The van der Waals surface area contributed by atoms with Crippen LogP contribution in [0.25, 0.3) is 22.0 Å². The quantitative estimate of drug-likeness (QED) is 0.435. The summed E-state index contributed by atoms with van der Waals surface area (Å²) in [4.78, 5) is 32.5. The van der Waals surface area contributed by atoms with Gasteiger partial charge in [-0.3, -0.25) is 9.59 Å². The summed E-state index contributed by atoms with van der Waals surface area (Å²) in [5, 5.41) is 10.9. The second-order valence-corrected chi connectivity index (χ2v) is 10.4. The number of fused-ring (bicyclic) bond motifs is 1. The van der Waals surface area contributed by atoms with Gasteiger partial charge in [-0.15, -0.1) is 11.8 Å². The summed E-state index contributed by atoms with van der Waals surface area (Å²) in [6.07, 6.45) is -2.94. The van der Waals surface area contributed by atoms with E-state index in [9.17, 15) is 27.9 Å². The number of likely N-dealkylation sites (tertiary alicyclic amines) is 1. The molecule has 1 aliphatic rings. The predicted molar refractivity (Wildman–Crippen MR) is 136 cm³/mol. The van der Waals surface area contributed by atoms with E-state index >= 15 is 0 Å². The molecule has 2 aromatic carbocycles. The summed E-state index contributed by atoms with van der Waals surface area (Å²) in [6.45, 7) is 1.18. The Morgan fingerprint density at radius 1 is 1.19 bits per heavy atom. The Balaban J connectivity index is 1.75. The number of hydrogen-bond donors (Lipinski definition) is 2. The van der Waals surface area contributed by atoms with E-state index in [1.807, 2.05) is 14.1 Å². The van der Waals surface area contributed by atoms with Gasteiger partial charge in [-0.25, -0.2) is 0 Å². The van der Waals surface area contributed by atoms with Crippen LogP contribution in [0.2, 0.25) is 5.02 Å². The van der Waals surface area contributed by atoms with Crippen LogP contribution in [0.15, 0.2) is 46.1 Å². The van der Waals surface area contributed by atoms with Gasteiger partial charge < -0.3 is 19.9 Å². The van der Waals surface area contributed by atoms with Crippen molar-refractivity contribution in [2.75, 3.05) is 32.9 Å². The molecule has 36 heavy (non-hydrogen) atoms. The molecule has 0 radical (unpaired) electrons. The molecule has 4 rings (SSSR count). The van der Waals surface area contributed by atoms with Gasteiger partial charge in [0.1, 0.15) is 5.75 Å². The lowest BCUT2D eigenvalue weighted by molar-refractivity contribution is -0.137. The van der Waals surface area contributed by atoms with Gasteiger partial charge in [-0.2, -0.15) is 13.2 Å². The molecule has 1 saturated heterocycles. The molecule has 1 amide bonds. The van der Waals surface area contributed by atoms with Gasteiger partial charge in [0.05, 0.1) is 16.2 Å². The molecular weight excluding hydrogens is 515 g/mol. The summed E-state index contributed by atoms with van der Waals surface area (Å²) in [6, 6.07) is 7.52.